The number of nitrogens with zero attached hydrogens (tertiary/aromatic N) is 1. The van der Waals surface area contributed by atoms with E-state index in [1.54, 1.807) is 18.2 Å². The highest BCUT2D eigenvalue weighted by Crippen LogP contribution is 2.29. The smallest absolute Gasteiger partial charge is 0.265 e. The van der Waals surface area contributed by atoms with Crippen molar-refractivity contribution in [2.45, 2.75) is 11.8 Å². The van der Waals surface area contributed by atoms with Crippen LogP contribution in [0, 0.1) is 6.92 Å². The predicted octanol–water partition coefficient (Wildman–Crippen LogP) is 3.16. The number of sulfonamides is 1. The Morgan fingerprint density at radius 3 is 2.45 bits per heavy atom. The van der Waals surface area contributed by atoms with Gasteiger partial charge in [0.25, 0.3) is 10.0 Å². The molecule has 2 rings (SSSR count). The summed E-state index contributed by atoms with van der Waals surface area (Å²) in [6, 6.07) is 12.0. The first-order chi connectivity index (χ1) is 9.32. The number of hydrogen-bond acceptors (Lipinski definition) is 3. The molecule has 2 aromatic rings. The molecule has 2 aromatic carbocycles. The first kappa shape index (κ1) is 14.9. The van der Waals surface area contributed by atoms with E-state index in [1.165, 1.54) is 17.4 Å². The molecule has 0 fully saturated rings. The summed E-state index contributed by atoms with van der Waals surface area (Å²) in [5, 5.41) is 0. The molecule has 0 bridgehead atoms. The molecular weight excluding hydrogens is 340 g/mol. The molecule has 0 spiro atoms. The van der Waals surface area contributed by atoms with Crippen LogP contribution in [0.2, 0.25) is 0 Å². The first-order valence-corrected chi connectivity index (χ1v) is 8.16. The Balaban J connectivity index is 2.49. The lowest BCUT2D eigenvalue weighted by atomic mass is 10.2. The molecule has 0 aliphatic rings. The van der Waals surface area contributed by atoms with Gasteiger partial charge in [0.1, 0.15) is 4.90 Å². The molecule has 0 atom stereocenters. The van der Waals surface area contributed by atoms with Crippen LogP contribution in [0.15, 0.2) is 51.8 Å². The van der Waals surface area contributed by atoms with E-state index in [9.17, 15) is 8.42 Å². The van der Waals surface area contributed by atoms with E-state index in [2.05, 4.69) is 15.9 Å². The van der Waals surface area contributed by atoms with Crippen LogP contribution >= 0.6 is 15.9 Å². The van der Waals surface area contributed by atoms with E-state index >= 15 is 0 Å². The van der Waals surface area contributed by atoms with Crippen LogP contribution in [-0.4, -0.2) is 15.5 Å². The average Bonchev–Trinajstić information content (AvgIpc) is 2.37. The lowest BCUT2D eigenvalue weighted by Crippen LogP contribution is -2.26. The summed E-state index contributed by atoms with van der Waals surface area (Å²) in [7, 11) is -2.09. The molecule has 0 radical (unpaired) electrons. The summed E-state index contributed by atoms with van der Waals surface area (Å²) in [6.07, 6.45) is 0. The van der Waals surface area contributed by atoms with Crippen LogP contribution in [0.4, 0.5) is 11.4 Å². The van der Waals surface area contributed by atoms with Crippen molar-refractivity contribution in [2.24, 2.45) is 0 Å². The monoisotopic (exact) mass is 354 g/mol. The molecule has 0 aliphatic carbocycles. The Kier molecular flexibility index (Phi) is 4.06. The standard InChI is InChI=1S/C14H15BrN2O2S/c1-10-4-3-5-12(8-10)17(2)20(18,19)14-7-6-11(16)9-13(14)15/h3-9H,16H2,1-2H3. The van der Waals surface area contributed by atoms with Gasteiger partial charge in [-0.2, -0.15) is 0 Å². The number of benzene rings is 2. The Hall–Kier alpha value is -1.53. The molecule has 106 valence electrons. The fraction of sp³-hybridized carbons (Fsp3) is 0.143. The van der Waals surface area contributed by atoms with Crippen LogP contribution < -0.4 is 10.0 Å². The minimum atomic E-state index is -3.63. The van der Waals surface area contributed by atoms with Gasteiger partial charge in [-0.3, -0.25) is 4.31 Å². The van der Waals surface area contributed by atoms with Crippen molar-refractivity contribution in [1.82, 2.24) is 0 Å². The maximum Gasteiger partial charge on any atom is 0.265 e. The highest BCUT2D eigenvalue weighted by atomic mass is 79.9. The fourth-order valence-corrected chi connectivity index (χ4v) is 4.08. The zero-order valence-corrected chi connectivity index (χ0v) is 13.6. The molecular formula is C14H15BrN2O2S. The Bertz CT molecular complexity index is 745. The van der Waals surface area contributed by atoms with Crippen molar-refractivity contribution in [3.8, 4) is 0 Å². The molecule has 0 aliphatic heterocycles. The quantitative estimate of drug-likeness (QED) is 0.861. The Labute approximate surface area is 127 Å². The van der Waals surface area contributed by atoms with Crippen LogP contribution in [-0.2, 0) is 10.0 Å². The second kappa shape index (κ2) is 5.46. The van der Waals surface area contributed by atoms with Gasteiger partial charge in [-0.1, -0.05) is 12.1 Å². The highest BCUT2D eigenvalue weighted by Gasteiger charge is 2.23. The topological polar surface area (TPSA) is 63.4 Å². The van der Waals surface area contributed by atoms with Gasteiger partial charge in [-0.15, -0.1) is 0 Å². The molecule has 0 heterocycles. The second-order valence-corrected chi connectivity index (χ2v) is 7.29. The van der Waals surface area contributed by atoms with Crippen LogP contribution in [0.1, 0.15) is 5.56 Å². The SMILES string of the molecule is Cc1cccc(N(C)S(=O)(=O)c2ccc(N)cc2Br)c1. The average molecular weight is 355 g/mol. The van der Waals surface area contributed by atoms with Crippen LogP contribution in [0.3, 0.4) is 0 Å². The molecule has 20 heavy (non-hydrogen) atoms. The zero-order valence-electron chi connectivity index (χ0n) is 11.2. The number of rotatable bonds is 3. The van der Waals surface area contributed by atoms with Gasteiger partial charge in [0, 0.05) is 17.2 Å². The third-order valence-electron chi connectivity index (χ3n) is 2.96. The number of nitrogens with two attached hydrogens (primary N) is 1. The van der Waals surface area contributed by atoms with Crippen molar-refractivity contribution in [2.75, 3.05) is 17.1 Å². The lowest BCUT2D eigenvalue weighted by molar-refractivity contribution is 0.594. The maximum absolute atomic E-state index is 12.6. The molecule has 0 unspecified atom stereocenters. The van der Waals surface area contributed by atoms with Gasteiger partial charge in [0.05, 0.1) is 5.69 Å². The molecule has 2 N–H and O–H groups in total. The van der Waals surface area contributed by atoms with Crippen molar-refractivity contribution >= 4 is 37.3 Å². The predicted molar refractivity (Wildman–Crippen MR) is 85.3 cm³/mol. The molecule has 0 saturated heterocycles. The van der Waals surface area contributed by atoms with Gasteiger partial charge >= 0.3 is 0 Å². The van der Waals surface area contributed by atoms with Crippen molar-refractivity contribution in [3.05, 3.63) is 52.5 Å². The van der Waals surface area contributed by atoms with Gasteiger partial charge < -0.3 is 5.73 Å². The van der Waals surface area contributed by atoms with Crippen LogP contribution in [0.25, 0.3) is 0 Å². The summed E-state index contributed by atoms with van der Waals surface area (Å²) in [6.45, 7) is 1.92. The minimum absolute atomic E-state index is 0.190. The van der Waals surface area contributed by atoms with E-state index in [-0.39, 0.29) is 4.90 Å². The summed E-state index contributed by atoms with van der Waals surface area (Å²) in [4.78, 5) is 0.190. The Morgan fingerprint density at radius 2 is 1.85 bits per heavy atom. The van der Waals surface area contributed by atoms with E-state index in [0.29, 0.717) is 15.8 Å². The zero-order chi connectivity index (χ0) is 14.9. The molecule has 4 nitrogen and oxygen atoms in total. The highest BCUT2D eigenvalue weighted by molar-refractivity contribution is 9.10. The van der Waals surface area contributed by atoms with E-state index in [4.69, 9.17) is 5.73 Å². The number of halogens is 1. The van der Waals surface area contributed by atoms with E-state index in [1.807, 2.05) is 25.1 Å². The molecule has 6 heteroatoms. The maximum atomic E-state index is 12.6. The number of nitrogen functional groups attached to an aromatic ring is 1. The second-order valence-electron chi connectivity index (χ2n) is 4.50. The minimum Gasteiger partial charge on any atom is -0.399 e. The fourth-order valence-electron chi connectivity index (χ4n) is 1.84. The third kappa shape index (κ3) is 2.81. The Morgan fingerprint density at radius 1 is 1.15 bits per heavy atom. The number of hydrogen-bond donors (Lipinski definition) is 1. The number of aryl methyl sites for hydroxylation is 1. The van der Waals surface area contributed by atoms with Crippen molar-refractivity contribution < 1.29 is 8.42 Å². The first-order valence-electron chi connectivity index (χ1n) is 5.93. The third-order valence-corrected chi connectivity index (χ3v) is 5.72. The lowest BCUT2D eigenvalue weighted by Gasteiger charge is -2.20. The summed E-state index contributed by atoms with van der Waals surface area (Å²) in [5.74, 6) is 0. The van der Waals surface area contributed by atoms with Gasteiger partial charge in [-0.05, 0) is 58.7 Å². The summed E-state index contributed by atoms with van der Waals surface area (Å²) >= 11 is 3.25. The van der Waals surface area contributed by atoms with Crippen molar-refractivity contribution in [3.63, 3.8) is 0 Å². The van der Waals surface area contributed by atoms with Gasteiger partial charge in [0.15, 0.2) is 0 Å². The molecule has 0 saturated carbocycles. The van der Waals surface area contributed by atoms with E-state index < -0.39 is 10.0 Å². The van der Waals surface area contributed by atoms with Crippen molar-refractivity contribution in [1.29, 1.82) is 0 Å². The summed E-state index contributed by atoms with van der Waals surface area (Å²) in [5.41, 5.74) is 7.77. The van der Waals surface area contributed by atoms with E-state index in [0.717, 1.165) is 5.56 Å². The largest absolute Gasteiger partial charge is 0.399 e. The summed E-state index contributed by atoms with van der Waals surface area (Å²) < 4.78 is 27.0. The molecule has 0 amide bonds. The molecule has 0 aromatic heterocycles. The van der Waals surface area contributed by atoms with Gasteiger partial charge in [0.2, 0.25) is 0 Å². The van der Waals surface area contributed by atoms with Crippen LogP contribution in [0.5, 0.6) is 0 Å². The van der Waals surface area contributed by atoms with Gasteiger partial charge in [-0.25, -0.2) is 8.42 Å². The normalized spacial score (nSPS) is 11.3. The number of anilines is 2.